The van der Waals surface area contributed by atoms with Crippen molar-refractivity contribution in [3.8, 4) is 0 Å². The first-order valence-corrected chi connectivity index (χ1v) is 10.7. The Balaban J connectivity index is 1.47. The number of aryl methyl sites for hydroxylation is 1. The smallest absolute Gasteiger partial charge is 0.375 e. The van der Waals surface area contributed by atoms with Gasteiger partial charge >= 0.3 is 5.97 Å². The largest absolute Gasteiger partial charge is 0.450 e. The van der Waals surface area contributed by atoms with Crippen LogP contribution in [0.1, 0.15) is 22.5 Å². The lowest BCUT2D eigenvalue weighted by Crippen LogP contribution is -2.38. The molecule has 0 radical (unpaired) electrons. The predicted octanol–water partition coefficient (Wildman–Crippen LogP) is 2.35. The van der Waals surface area contributed by atoms with Crippen LogP contribution in [0.25, 0.3) is 21.7 Å². The average Bonchev–Trinajstić information content (AvgIpc) is 3.19. The molecule has 28 heavy (non-hydrogen) atoms. The second-order valence-electron chi connectivity index (χ2n) is 6.96. The number of hydrogen-bond donors (Lipinski definition) is 1. The minimum Gasteiger partial charge on any atom is -0.450 e. The van der Waals surface area contributed by atoms with Crippen LogP contribution < -0.4 is 5.32 Å². The third-order valence-corrected chi connectivity index (χ3v) is 6.71. The number of ether oxygens (including phenoxy) is 1. The zero-order valence-electron chi connectivity index (χ0n) is 15.2. The molecule has 0 unspecified atom stereocenters. The number of carbonyl (C=O) groups excluding carboxylic acids is 2. The van der Waals surface area contributed by atoms with Crippen LogP contribution in [0, 0.1) is 6.92 Å². The third-order valence-electron chi connectivity index (χ3n) is 4.95. The lowest BCUT2D eigenvalue weighted by molar-refractivity contribution is -0.124. The summed E-state index contributed by atoms with van der Waals surface area (Å²) in [5, 5.41) is 5.28. The molecule has 146 valence electrons. The maximum Gasteiger partial charge on any atom is 0.375 e. The maximum atomic E-state index is 12.4. The van der Waals surface area contributed by atoms with Gasteiger partial charge in [-0.25, -0.2) is 13.2 Å². The van der Waals surface area contributed by atoms with E-state index in [-0.39, 0.29) is 17.3 Å². The minimum atomic E-state index is -3.09. The van der Waals surface area contributed by atoms with E-state index < -0.39 is 34.4 Å². The molecular weight excluding hydrogens is 382 g/mol. The number of benzene rings is 2. The van der Waals surface area contributed by atoms with Crippen molar-refractivity contribution in [2.75, 3.05) is 18.1 Å². The number of fused-ring (bicyclic) bond motifs is 3. The number of sulfone groups is 1. The molecule has 1 saturated heterocycles. The summed E-state index contributed by atoms with van der Waals surface area (Å²) in [5.74, 6) is -1.23. The van der Waals surface area contributed by atoms with E-state index in [0.29, 0.717) is 17.6 Å². The molecule has 3 aromatic rings. The van der Waals surface area contributed by atoms with Gasteiger partial charge in [0.1, 0.15) is 5.58 Å². The molecule has 4 rings (SSSR count). The first-order chi connectivity index (χ1) is 13.3. The van der Waals surface area contributed by atoms with E-state index in [1.54, 1.807) is 6.92 Å². The van der Waals surface area contributed by atoms with Gasteiger partial charge in [0.05, 0.1) is 11.5 Å². The molecule has 0 saturated carbocycles. The van der Waals surface area contributed by atoms with Crippen molar-refractivity contribution in [1.82, 2.24) is 5.32 Å². The Morgan fingerprint density at radius 3 is 2.71 bits per heavy atom. The number of hydrogen-bond acceptors (Lipinski definition) is 6. The van der Waals surface area contributed by atoms with E-state index in [0.717, 1.165) is 16.2 Å². The van der Waals surface area contributed by atoms with Crippen LogP contribution in [-0.2, 0) is 19.4 Å². The third kappa shape index (κ3) is 3.47. The van der Waals surface area contributed by atoms with E-state index in [1.807, 2.05) is 36.4 Å². The fraction of sp³-hybridized carbons (Fsp3) is 0.300. The Morgan fingerprint density at radius 1 is 1.18 bits per heavy atom. The van der Waals surface area contributed by atoms with Gasteiger partial charge in [-0.05, 0) is 18.7 Å². The summed E-state index contributed by atoms with van der Waals surface area (Å²) >= 11 is 0. The highest BCUT2D eigenvalue weighted by Crippen LogP contribution is 2.32. The molecule has 2 aromatic carbocycles. The summed E-state index contributed by atoms with van der Waals surface area (Å²) in [4.78, 5) is 24.4. The maximum absolute atomic E-state index is 12.4. The summed E-state index contributed by atoms with van der Waals surface area (Å²) in [6, 6.07) is 11.1. The highest BCUT2D eigenvalue weighted by molar-refractivity contribution is 7.91. The van der Waals surface area contributed by atoms with Gasteiger partial charge in [-0.2, -0.15) is 0 Å². The molecule has 1 aromatic heterocycles. The van der Waals surface area contributed by atoms with Crippen LogP contribution in [0.5, 0.6) is 0 Å². The molecule has 0 spiro atoms. The van der Waals surface area contributed by atoms with Crippen LogP contribution in [0.15, 0.2) is 40.8 Å². The molecule has 1 N–H and O–H groups in total. The number of amides is 1. The SMILES string of the molecule is Cc1c(C(=O)OCC(=O)N[C@H]2CCS(=O)(=O)C2)oc2c1ccc1ccccc12. The van der Waals surface area contributed by atoms with Gasteiger partial charge in [0, 0.05) is 22.4 Å². The Kier molecular flexibility index (Phi) is 4.58. The fourth-order valence-electron chi connectivity index (χ4n) is 3.52. The van der Waals surface area contributed by atoms with Crippen molar-refractivity contribution in [2.45, 2.75) is 19.4 Å². The van der Waals surface area contributed by atoms with Crippen molar-refractivity contribution in [3.05, 3.63) is 47.7 Å². The van der Waals surface area contributed by atoms with Crippen molar-refractivity contribution >= 4 is 43.5 Å². The second-order valence-corrected chi connectivity index (χ2v) is 9.19. The van der Waals surface area contributed by atoms with Crippen molar-refractivity contribution in [3.63, 3.8) is 0 Å². The van der Waals surface area contributed by atoms with Crippen LogP contribution in [0.2, 0.25) is 0 Å². The molecule has 2 heterocycles. The van der Waals surface area contributed by atoms with Gasteiger partial charge < -0.3 is 14.5 Å². The Morgan fingerprint density at radius 2 is 1.96 bits per heavy atom. The van der Waals surface area contributed by atoms with Crippen LogP contribution in [0.3, 0.4) is 0 Å². The molecule has 1 atom stereocenters. The topological polar surface area (TPSA) is 103 Å². The monoisotopic (exact) mass is 401 g/mol. The van der Waals surface area contributed by atoms with Crippen LogP contribution in [-0.4, -0.2) is 44.4 Å². The summed E-state index contributed by atoms with van der Waals surface area (Å²) < 4.78 is 33.7. The van der Waals surface area contributed by atoms with E-state index >= 15 is 0 Å². The Labute approximate surface area is 161 Å². The molecule has 0 aliphatic carbocycles. The molecule has 1 amide bonds. The first kappa shape index (κ1) is 18.5. The molecule has 1 aliphatic rings. The standard InChI is InChI=1S/C20H19NO6S/c1-12-15-7-6-13-4-2-3-5-16(13)19(15)27-18(12)20(23)26-10-17(22)21-14-8-9-28(24,25)11-14/h2-7,14H,8-11H2,1H3,(H,21,22)/t14-/m0/s1. The minimum absolute atomic E-state index is 0.0580. The molecule has 7 nitrogen and oxygen atoms in total. The average molecular weight is 401 g/mol. The Bertz CT molecular complexity index is 1190. The van der Waals surface area contributed by atoms with Crippen molar-refractivity contribution in [1.29, 1.82) is 0 Å². The van der Waals surface area contributed by atoms with E-state index in [1.165, 1.54) is 0 Å². The molecule has 1 fully saturated rings. The fourth-order valence-corrected chi connectivity index (χ4v) is 5.19. The van der Waals surface area contributed by atoms with Crippen molar-refractivity contribution < 1.29 is 27.2 Å². The molecule has 1 aliphatic heterocycles. The number of furan rings is 1. The first-order valence-electron chi connectivity index (χ1n) is 8.92. The van der Waals surface area contributed by atoms with Gasteiger partial charge in [0.15, 0.2) is 16.4 Å². The quantitative estimate of drug-likeness (QED) is 0.673. The number of rotatable bonds is 4. The summed E-state index contributed by atoms with van der Waals surface area (Å²) in [6.45, 7) is 1.27. The van der Waals surface area contributed by atoms with E-state index in [9.17, 15) is 18.0 Å². The summed E-state index contributed by atoms with van der Waals surface area (Å²) in [7, 11) is -3.09. The number of nitrogens with one attached hydrogen (secondary N) is 1. The lowest BCUT2D eigenvalue weighted by atomic mass is 10.1. The predicted molar refractivity (Wildman–Crippen MR) is 104 cm³/mol. The lowest BCUT2D eigenvalue weighted by Gasteiger charge is -2.10. The Hall–Kier alpha value is -2.87. The van der Waals surface area contributed by atoms with Crippen LogP contribution in [0.4, 0.5) is 0 Å². The number of esters is 1. The summed E-state index contributed by atoms with van der Waals surface area (Å²) in [6.07, 6.45) is 0.373. The normalized spacial score (nSPS) is 18.4. The molecule has 8 heteroatoms. The molecule has 0 bridgehead atoms. The number of carbonyl (C=O) groups is 2. The van der Waals surface area contributed by atoms with Gasteiger partial charge in [-0.3, -0.25) is 4.79 Å². The highest BCUT2D eigenvalue weighted by atomic mass is 32.2. The zero-order valence-corrected chi connectivity index (χ0v) is 16.0. The zero-order chi connectivity index (χ0) is 19.9. The van der Waals surface area contributed by atoms with Crippen molar-refractivity contribution in [2.24, 2.45) is 0 Å². The van der Waals surface area contributed by atoms with Gasteiger partial charge in [0.2, 0.25) is 5.76 Å². The van der Waals surface area contributed by atoms with E-state index in [2.05, 4.69) is 5.32 Å². The van der Waals surface area contributed by atoms with E-state index in [4.69, 9.17) is 9.15 Å². The highest BCUT2D eigenvalue weighted by Gasteiger charge is 2.29. The van der Waals surface area contributed by atoms with Gasteiger partial charge in [0.25, 0.3) is 5.91 Å². The molecular formula is C20H19NO6S. The summed E-state index contributed by atoms with van der Waals surface area (Å²) in [5.41, 5.74) is 1.25. The van der Waals surface area contributed by atoms with Crippen LogP contribution >= 0.6 is 0 Å². The van der Waals surface area contributed by atoms with Gasteiger partial charge in [-0.15, -0.1) is 0 Å². The van der Waals surface area contributed by atoms with Gasteiger partial charge in [-0.1, -0.05) is 36.4 Å². The second kappa shape index (κ2) is 6.94.